The highest BCUT2D eigenvalue weighted by atomic mass is 16.2. The van der Waals surface area contributed by atoms with E-state index in [2.05, 4.69) is 20.5 Å². The minimum absolute atomic E-state index is 0.0265. The summed E-state index contributed by atoms with van der Waals surface area (Å²) in [4.78, 5) is 31.1. The molecule has 2 atom stereocenters. The molecule has 1 aliphatic heterocycles. The van der Waals surface area contributed by atoms with E-state index in [4.69, 9.17) is 0 Å². The Hall–Kier alpha value is -3.23. The maximum Gasteiger partial charge on any atom is 0.231 e. The molecular formula is C17H19N7O2. The standard InChI is InChI=1S/C17H19N7O2/c1-22-15(25)4-3-11(16(22)12-5-9-19-23(12)2)17(26)21-14-6-8-18-13-7-10-20-24(13)14/h5-11,16H,3-4H2,1-2H3,(H,21,26)/t11-,16-/m1/s1. The molecule has 1 saturated heterocycles. The van der Waals surface area contributed by atoms with Crippen molar-refractivity contribution in [2.24, 2.45) is 13.0 Å². The molecule has 0 bridgehead atoms. The van der Waals surface area contributed by atoms with Gasteiger partial charge in [0.2, 0.25) is 11.8 Å². The van der Waals surface area contributed by atoms with E-state index in [0.29, 0.717) is 24.3 Å². The van der Waals surface area contributed by atoms with Crippen LogP contribution in [-0.4, -0.2) is 48.1 Å². The number of hydrogen-bond acceptors (Lipinski definition) is 5. The van der Waals surface area contributed by atoms with Crippen molar-refractivity contribution in [1.82, 2.24) is 29.3 Å². The Morgan fingerprint density at radius 1 is 1.15 bits per heavy atom. The van der Waals surface area contributed by atoms with Gasteiger partial charge in [-0.3, -0.25) is 14.3 Å². The van der Waals surface area contributed by atoms with Crippen LogP contribution in [0.2, 0.25) is 0 Å². The van der Waals surface area contributed by atoms with Gasteiger partial charge < -0.3 is 10.2 Å². The molecule has 3 aromatic heterocycles. The number of nitrogens with one attached hydrogen (secondary N) is 1. The van der Waals surface area contributed by atoms with E-state index < -0.39 is 0 Å². The van der Waals surface area contributed by atoms with Crippen LogP contribution in [0.1, 0.15) is 24.6 Å². The molecule has 1 aliphatic rings. The molecule has 4 rings (SSSR count). The summed E-state index contributed by atoms with van der Waals surface area (Å²) in [6.45, 7) is 0. The zero-order valence-electron chi connectivity index (χ0n) is 14.5. The van der Waals surface area contributed by atoms with E-state index >= 15 is 0 Å². The fourth-order valence-electron chi connectivity index (χ4n) is 3.54. The molecule has 3 aromatic rings. The zero-order chi connectivity index (χ0) is 18.3. The number of nitrogens with zero attached hydrogens (tertiary/aromatic N) is 6. The highest BCUT2D eigenvalue weighted by Gasteiger charge is 2.40. The van der Waals surface area contributed by atoms with Gasteiger partial charge in [-0.2, -0.15) is 14.7 Å². The highest BCUT2D eigenvalue weighted by Crippen LogP contribution is 2.36. The summed E-state index contributed by atoms with van der Waals surface area (Å²) in [5, 5.41) is 11.3. The zero-order valence-corrected chi connectivity index (χ0v) is 14.5. The Morgan fingerprint density at radius 2 is 1.96 bits per heavy atom. The molecule has 0 radical (unpaired) electrons. The molecule has 0 aliphatic carbocycles. The molecule has 1 fully saturated rings. The molecule has 0 aromatic carbocycles. The van der Waals surface area contributed by atoms with Gasteiger partial charge in [0.1, 0.15) is 5.82 Å². The van der Waals surface area contributed by atoms with E-state index in [1.807, 2.05) is 13.1 Å². The Labute approximate surface area is 149 Å². The number of aromatic nitrogens is 5. The summed E-state index contributed by atoms with van der Waals surface area (Å²) >= 11 is 0. The Kier molecular flexibility index (Phi) is 3.90. The second kappa shape index (κ2) is 6.25. The van der Waals surface area contributed by atoms with Crippen LogP contribution in [0.25, 0.3) is 5.65 Å². The Morgan fingerprint density at radius 3 is 2.73 bits per heavy atom. The van der Waals surface area contributed by atoms with Crippen molar-refractivity contribution in [2.45, 2.75) is 18.9 Å². The fourth-order valence-corrected chi connectivity index (χ4v) is 3.54. The highest BCUT2D eigenvalue weighted by molar-refractivity contribution is 5.94. The van der Waals surface area contributed by atoms with Crippen molar-refractivity contribution in [3.63, 3.8) is 0 Å². The first-order valence-electron chi connectivity index (χ1n) is 8.39. The maximum absolute atomic E-state index is 13.1. The molecule has 9 heteroatoms. The van der Waals surface area contributed by atoms with E-state index in [1.165, 1.54) is 0 Å². The lowest BCUT2D eigenvalue weighted by Crippen LogP contribution is -2.45. The summed E-state index contributed by atoms with van der Waals surface area (Å²) in [7, 11) is 3.55. The van der Waals surface area contributed by atoms with Gasteiger partial charge in [0, 0.05) is 39.0 Å². The van der Waals surface area contributed by atoms with Gasteiger partial charge in [-0.1, -0.05) is 0 Å². The number of anilines is 1. The molecule has 4 heterocycles. The third-order valence-electron chi connectivity index (χ3n) is 4.90. The van der Waals surface area contributed by atoms with Crippen LogP contribution in [0.15, 0.2) is 36.8 Å². The lowest BCUT2D eigenvalue weighted by atomic mass is 9.86. The number of hydrogen-bond donors (Lipinski definition) is 1. The normalized spacial score (nSPS) is 20.5. The molecule has 1 N–H and O–H groups in total. The van der Waals surface area contributed by atoms with E-state index in [1.54, 1.807) is 51.9 Å². The van der Waals surface area contributed by atoms with E-state index in [-0.39, 0.29) is 23.8 Å². The molecule has 0 spiro atoms. The molecule has 0 unspecified atom stereocenters. The number of carbonyl (C=O) groups excluding carboxylic acids is 2. The Bertz CT molecular complexity index is 976. The van der Waals surface area contributed by atoms with Crippen molar-refractivity contribution in [1.29, 1.82) is 0 Å². The smallest absolute Gasteiger partial charge is 0.231 e. The molecule has 2 amide bonds. The predicted octanol–water partition coefficient (Wildman–Crippen LogP) is 1.01. The van der Waals surface area contributed by atoms with E-state index in [0.717, 1.165) is 5.69 Å². The fraction of sp³-hybridized carbons (Fsp3) is 0.353. The topological polar surface area (TPSA) is 97.4 Å². The third kappa shape index (κ3) is 2.61. The van der Waals surface area contributed by atoms with Crippen LogP contribution in [0.5, 0.6) is 0 Å². The van der Waals surface area contributed by atoms with Gasteiger partial charge in [0.25, 0.3) is 0 Å². The summed E-state index contributed by atoms with van der Waals surface area (Å²) in [5.41, 5.74) is 1.49. The van der Waals surface area contributed by atoms with Gasteiger partial charge in [0.05, 0.1) is 23.9 Å². The summed E-state index contributed by atoms with van der Waals surface area (Å²) < 4.78 is 3.28. The second-order valence-corrected chi connectivity index (χ2v) is 6.39. The van der Waals surface area contributed by atoms with Crippen LogP contribution in [-0.2, 0) is 16.6 Å². The van der Waals surface area contributed by atoms with Crippen LogP contribution in [0, 0.1) is 5.92 Å². The van der Waals surface area contributed by atoms with Gasteiger partial charge in [0.15, 0.2) is 5.65 Å². The van der Waals surface area contributed by atoms with Crippen molar-refractivity contribution in [3.05, 3.63) is 42.5 Å². The second-order valence-electron chi connectivity index (χ2n) is 6.39. The quantitative estimate of drug-likeness (QED) is 0.758. The predicted molar refractivity (Wildman–Crippen MR) is 93.1 cm³/mol. The monoisotopic (exact) mass is 353 g/mol. The number of fused-ring (bicyclic) bond motifs is 1. The first kappa shape index (κ1) is 16.2. The van der Waals surface area contributed by atoms with Gasteiger partial charge in [-0.15, -0.1) is 0 Å². The number of piperidine rings is 1. The van der Waals surface area contributed by atoms with Gasteiger partial charge >= 0.3 is 0 Å². The van der Waals surface area contributed by atoms with Gasteiger partial charge in [-0.25, -0.2) is 4.98 Å². The van der Waals surface area contributed by atoms with Crippen molar-refractivity contribution < 1.29 is 9.59 Å². The molecular weight excluding hydrogens is 334 g/mol. The summed E-state index contributed by atoms with van der Waals surface area (Å²) in [6, 6.07) is 4.95. The summed E-state index contributed by atoms with van der Waals surface area (Å²) in [6.07, 6.45) is 5.76. The third-order valence-corrected chi connectivity index (χ3v) is 4.90. The molecule has 26 heavy (non-hydrogen) atoms. The molecule has 0 saturated carbocycles. The number of likely N-dealkylation sites (tertiary alicyclic amines) is 1. The first-order chi connectivity index (χ1) is 12.6. The number of carbonyl (C=O) groups is 2. The lowest BCUT2D eigenvalue weighted by molar-refractivity contribution is -0.140. The lowest BCUT2D eigenvalue weighted by Gasteiger charge is -2.38. The van der Waals surface area contributed by atoms with Crippen molar-refractivity contribution in [3.8, 4) is 0 Å². The van der Waals surface area contributed by atoms with E-state index in [9.17, 15) is 9.59 Å². The molecule has 9 nitrogen and oxygen atoms in total. The number of rotatable bonds is 3. The minimum atomic E-state index is -0.383. The largest absolute Gasteiger partial charge is 0.336 e. The van der Waals surface area contributed by atoms with Gasteiger partial charge in [-0.05, 0) is 18.6 Å². The van der Waals surface area contributed by atoms with Crippen LogP contribution >= 0.6 is 0 Å². The van der Waals surface area contributed by atoms with Crippen LogP contribution in [0.4, 0.5) is 5.82 Å². The first-order valence-corrected chi connectivity index (χ1v) is 8.39. The Balaban J connectivity index is 1.66. The number of aryl methyl sites for hydroxylation is 1. The SMILES string of the molecule is CN1C(=O)CC[C@@H](C(=O)Nc2ccnc3ccnn23)[C@@H]1c1ccnn1C. The van der Waals surface area contributed by atoms with Crippen LogP contribution in [0.3, 0.4) is 0 Å². The van der Waals surface area contributed by atoms with Crippen molar-refractivity contribution >= 4 is 23.3 Å². The summed E-state index contributed by atoms with van der Waals surface area (Å²) in [5.74, 6) is 0.0392. The minimum Gasteiger partial charge on any atom is -0.336 e. The molecule has 134 valence electrons. The maximum atomic E-state index is 13.1. The van der Waals surface area contributed by atoms with Crippen LogP contribution < -0.4 is 5.32 Å². The van der Waals surface area contributed by atoms with Crippen molar-refractivity contribution in [2.75, 3.05) is 12.4 Å². The average Bonchev–Trinajstić information content (AvgIpc) is 3.26. The average molecular weight is 353 g/mol. The number of amides is 2.